The third-order valence-electron chi connectivity index (χ3n) is 3.74. The molecule has 1 saturated heterocycles. The zero-order chi connectivity index (χ0) is 14.5. The summed E-state index contributed by atoms with van der Waals surface area (Å²) in [7, 11) is 0. The molecule has 0 atom stereocenters. The predicted molar refractivity (Wildman–Crippen MR) is 77.7 cm³/mol. The Morgan fingerprint density at radius 2 is 2.00 bits per heavy atom. The molecule has 0 aliphatic carbocycles. The molecule has 0 saturated carbocycles. The molecule has 4 heteroatoms. The number of carbonyl (C=O) groups is 1. The summed E-state index contributed by atoms with van der Waals surface area (Å²) in [4.78, 5) is 14.2. The fourth-order valence-electron chi connectivity index (χ4n) is 2.62. The van der Waals surface area contributed by atoms with Gasteiger partial charge in [-0.3, -0.25) is 9.69 Å². The van der Waals surface area contributed by atoms with Crippen molar-refractivity contribution in [1.82, 2.24) is 10.2 Å². The van der Waals surface area contributed by atoms with Crippen LogP contribution in [0.1, 0.15) is 32.3 Å². The quantitative estimate of drug-likeness (QED) is 0.918. The molecule has 110 valence electrons. The van der Waals surface area contributed by atoms with E-state index in [9.17, 15) is 9.18 Å². The molecule has 1 N–H and O–H groups in total. The van der Waals surface area contributed by atoms with Gasteiger partial charge in [-0.25, -0.2) is 4.39 Å². The molecule has 1 amide bonds. The number of amides is 1. The molecular formula is C16H23FN2O. The van der Waals surface area contributed by atoms with Gasteiger partial charge in [0.1, 0.15) is 5.82 Å². The Morgan fingerprint density at radius 3 is 2.60 bits per heavy atom. The molecule has 1 fully saturated rings. The lowest BCUT2D eigenvalue weighted by molar-refractivity contribution is -0.127. The minimum Gasteiger partial charge on any atom is -0.354 e. The highest BCUT2D eigenvalue weighted by Gasteiger charge is 2.25. The van der Waals surface area contributed by atoms with Gasteiger partial charge in [0, 0.05) is 24.1 Å². The molecule has 0 unspecified atom stereocenters. The first kappa shape index (κ1) is 15.0. The van der Waals surface area contributed by atoms with E-state index in [0.717, 1.165) is 31.5 Å². The maximum absolute atomic E-state index is 13.6. The highest BCUT2D eigenvalue weighted by atomic mass is 19.1. The Hall–Kier alpha value is -1.42. The Morgan fingerprint density at radius 1 is 1.35 bits per heavy atom. The van der Waals surface area contributed by atoms with Gasteiger partial charge in [-0.2, -0.15) is 0 Å². The number of hydrogen-bond acceptors (Lipinski definition) is 2. The maximum Gasteiger partial charge on any atom is 0.223 e. The van der Waals surface area contributed by atoms with Crippen LogP contribution in [0.5, 0.6) is 0 Å². The van der Waals surface area contributed by atoms with Crippen LogP contribution in [0.15, 0.2) is 24.3 Å². The third-order valence-corrected chi connectivity index (χ3v) is 3.74. The second kappa shape index (κ2) is 6.84. The summed E-state index contributed by atoms with van der Waals surface area (Å²) < 4.78 is 13.6. The Bertz CT molecular complexity index is 454. The Kier molecular flexibility index (Phi) is 5.12. The molecule has 2 rings (SSSR count). The van der Waals surface area contributed by atoms with E-state index < -0.39 is 0 Å². The molecule has 20 heavy (non-hydrogen) atoms. The lowest BCUT2D eigenvalue weighted by atomic mass is 9.95. The van der Waals surface area contributed by atoms with Crippen molar-refractivity contribution >= 4 is 5.91 Å². The lowest BCUT2D eigenvalue weighted by Gasteiger charge is -2.31. The number of halogens is 1. The van der Waals surface area contributed by atoms with E-state index in [4.69, 9.17) is 0 Å². The molecule has 0 aromatic heterocycles. The van der Waals surface area contributed by atoms with Gasteiger partial charge in [0.25, 0.3) is 0 Å². The van der Waals surface area contributed by atoms with Gasteiger partial charge in [-0.1, -0.05) is 18.2 Å². The van der Waals surface area contributed by atoms with Gasteiger partial charge in [0.15, 0.2) is 0 Å². The van der Waals surface area contributed by atoms with Crippen LogP contribution in [0, 0.1) is 11.7 Å². The lowest BCUT2D eigenvalue weighted by Crippen LogP contribution is -2.42. The van der Waals surface area contributed by atoms with Crippen molar-refractivity contribution in [1.29, 1.82) is 0 Å². The first-order chi connectivity index (χ1) is 9.56. The van der Waals surface area contributed by atoms with Crippen molar-refractivity contribution < 1.29 is 9.18 Å². The van der Waals surface area contributed by atoms with Crippen LogP contribution < -0.4 is 5.32 Å². The maximum atomic E-state index is 13.6. The largest absolute Gasteiger partial charge is 0.354 e. The zero-order valence-corrected chi connectivity index (χ0v) is 12.2. The summed E-state index contributed by atoms with van der Waals surface area (Å²) in [6.07, 6.45) is 1.71. The summed E-state index contributed by atoms with van der Waals surface area (Å²) in [6.45, 7) is 6.29. The number of benzene rings is 1. The van der Waals surface area contributed by atoms with Crippen LogP contribution in [0.2, 0.25) is 0 Å². The monoisotopic (exact) mass is 278 g/mol. The normalized spacial score (nSPS) is 17.4. The van der Waals surface area contributed by atoms with Crippen molar-refractivity contribution in [3.05, 3.63) is 35.6 Å². The van der Waals surface area contributed by atoms with Gasteiger partial charge in [-0.15, -0.1) is 0 Å². The molecule has 1 aliphatic rings. The number of hydrogen-bond donors (Lipinski definition) is 1. The van der Waals surface area contributed by atoms with Crippen molar-refractivity contribution in [2.24, 2.45) is 5.92 Å². The molecule has 0 bridgehead atoms. The van der Waals surface area contributed by atoms with E-state index >= 15 is 0 Å². The number of likely N-dealkylation sites (tertiary alicyclic amines) is 1. The molecule has 1 aromatic rings. The van der Waals surface area contributed by atoms with Crippen LogP contribution in [0.25, 0.3) is 0 Å². The second-order valence-electron chi connectivity index (χ2n) is 5.81. The molecular weight excluding hydrogens is 255 g/mol. The van der Waals surface area contributed by atoms with E-state index in [1.54, 1.807) is 6.07 Å². The van der Waals surface area contributed by atoms with Crippen LogP contribution in [-0.2, 0) is 11.3 Å². The molecule has 0 spiro atoms. The molecule has 3 nitrogen and oxygen atoms in total. The van der Waals surface area contributed by atoms with E-state index in [1.165, 1.54) is 6.07 Å². The second-order valence-corrected chi connectivity index (χ2v) is 5.81. The third kappa shape index (κ3) is 4.04. The first-order valence-corrected chi connectivity index (χ1v) is 7.32. The Labute approximate surface area is 120 Å². The Balaban J connectivity index is 1.83. The van der Waals surface area contributed by atoms with E-state index in [1.807, 2.05) is 26.0 Å². The van der Waals surface area contributed by atoms with E-state index in [2.05, 4.69) is 10.2 Å². The minimum atomic E-state index is -0.146. The minimum absolute atomic E-state index is 0.106. The number of nitrogens with zero attached hydrogens (tertiary/aromatic N) is 1. The van der Waals surface area contributed by atoms with Crippen molar-refractivity contribution in [2.75, 3.05) is 13.1 Å². The molecule has 1 aliphatic heterocycles. The van der Waals surface area contributed by atoms with Crippen LogP contribution in [0.3, 0.4) is 0 Å². The van der Waals surface area contributed by atoms with Crippen molar-refractivity contribution in [3.63, 3.8) is 0 Å². The smallest absolute Gasteiger partial charge is 0.223 e. The standard InChI is InChI=1S/C16H23FN2O/c1-12(2)18-16(20)13-7-9-19(10-8-13)11-14-5-3-4-6-15(14)17/h3-6,12-13H,7-11H2,1-2H3,(H,18,20). The first-order valence-electron chi connectivity index (χ1n) is 7.32. The van der Waals surface area contributed by atoms with Gasteiger partial charge in [0.05, 0.1) is 0 Å². The summed E-state index contributed by atoms with van der Waals surface area (Å²) in [5.41, 5.74) is 0.734. The topological polar surface area (TPSA) is 32.3 Å². The molecule has 1 heterocycles. The molecule has 0 radical (unpaired) electrons. The fourth-order valence-corrected chi connectivity index (χ4v) is 2.62. The average Bonchev–Trinajstić information content (AvgIpc) is 2.41. The summed E-state index contributed by atoms with van der Waals surface area (Å²) in [5, 5.41) is 2.97. The predicted octanol–water partition coefficient (Wildman–Crippen LogP) is 2.56. The summed E-state index contributed by atoms with van der Waals surface area (Å²) in [6, 6.07) is 7.09. The van der Waals surface area contributed by atoms with Gasteiger partial charge < -0.3 is 5.32 Å². The van der Waals surface area contributed by atoms with Gasteiger partial charge >= 0.3 is 0 Å². The molecule has 1 aromatic carbocycles. The number of rotatable bonds is 4. The highest BCUT2D eigenvalue weighted by molar-refractivity contribution is 5.78. The number of piperidine rings is 1. The van der Waals surface area contributed by atoms with E-state index in [0.29, 0.717) is 6.54 Å². The average molecular weight is 278 g/mol. The van der Waals surface area contributed by atoms with Crippen LogP contribution >= 0.6 is 0 Å². The SMILES string of the molecule is CC(C)NC(=O)C1CCN(Cc2ccccc2F)CC1. The fraction of sp³-hybridized carbons (Fsp3) is 0.562. The number of nitrogens with one attached hydrogen (secondary N) is 1. The van der Waals surface area contributed by atoms with Crippen LogP contribution in [0.4, 0.5) is 4.39 Å². The highest BCUT2D eigenvalue weighted by Crippen LogP contribution is 2.20. The summed E-state index contributed by atoms with van der Waals surface area (Å²) >= 11 is 0. The number of carbonyl (C=O) groups excluding carboxylic acids is 1. The van der Waals surface area contributed by atoms with E-state index in [-0.39, 0.29) is 23.7 Å². The van der Waals surface area contributed by atoms with Gasteiger partial charge in [-0.05, 0) is 45.8 Å². The zero-order valence-electron chi connectivity index (χ0n) is 12.2. The van der Waals surface area contributed by atoms with Crippen molar-refractivity contribution in [2.45, 2.75) is 39.3 Å². The van der Waals surface area contributed by atoms with Gasteiger partial charge in [0.2, 0.25) is 5.91 Å². The van der Waals surface area contributed by atoms with Crippen LogP contribution in [-0.4, -0.2) is 29.9 Å². The summed E-state index contributed by atoms with van der Waals surface area (Å²) in [5.74, 6) is 0.118. The van der Waals surface area contributed by atoms with Crippen molar-refractivity contribution in [3.8, 4) is 0 Å².